The van der Waals surface area contributed by atoms with Crippen LogP contribution in [0, 0.1) is 5.82 Å². The summed E-state index contributed by atoms with van der Waals surface area (Å²) in [6.45, 7) is -0.306. The first kappa shape index (κ1) is 15.6. The molecular weight excluding hydrogens is 291 g/mol. The second-order valence-corrected chi connectivity index (χ2v) is 4.39. The summed E-state index contributed by atoms with van der Waals surface area (Å²) in [4.78, 5) is 19.3. The molecule has 0 aliphatic heterocycles. The lowest BCUT2D eigenvalue weighted by molar-refractivity contribution is 0.0953. The Kier molecular flexibility index (Phi) is 4.81. The number of aliphatic hydroxyl groups is 1. The van der Waals surface area contributed by atoms with Crippen molar-refractivity contribution in [1.82, 2.24) is 15.4 Å². The number of anilines is 2. The Labute approximate surface area is 125 Å². The van der Waals surface area contributed by atoms with E-state index in [9.17, 15) is 14.3 Å². The number of nitrogens with zero attached hydrogens (tertiary/aromatic N) is 2. The summed E-state index contributed by atoms with van der Waals surface area (Å²) in [5.41, 5.74) is 8.15. The van der Waals surface area contributed by atoms with Gasteiger partial charge < -0.3 is 16.2 Å². The zero-order valence-corrected chi connectivity index (χ0v) is 11.5. The molecule has 2 aromatic rings. The van der Waals surface area contributed by atoms with Gasteiger partial charge in [0.1, 0.15) is 17.2 Å². The normalized spacial score (nSPS) is 11.8. The van der Waals surface area contributed by atoms with E-state index in [1.807, 2.05) is 5.43 Å². The molecule has 0 bridgehead atoms. The van der Waals surface area contributed by atoms with E-state index in [0.29, 0.717) is 5.56 Å². The number of carbonyl (C=O) groups excluding carboxylic acids is 1. The van der Waals surface area contributed by atoms with Crippen molar-refractivity contribution in [1.29, 1.82) is 0 Å². The van der Waals surface area contributed by atoms with Gasteiger partial charge in [-0.3, -0.25) is 10.2 Å². The molecule has 0 saturated carbocycles. The molecule has 0 radical (unpaired) electrons. The highest BCUT2D eigenvalue weighted by Crippen LogP contribution is 2.21. The number of amides is 1. The van der Waals surface area contributed by atoms with Crippen LogP contribution in [-0.2, 0) is 0 Å². The molecule has 1 atom stereocenters. The standard InChI is InChI=1S/C13H15FN6O2/c14-8-3-1-7(2-4-8)10(6-21)18-11-9(12(22)20-16)5-17-13(15)19-11/h1-5,10,21H,6,16H2,(H,20,22)(H3,15,17,18,19)/t10-/m1/s1. The van der Waals surface area contributed by atoms with Crippen molar-refractivity contribution < 1.29 is 14.3 Å². The van der Waals surface area contributed by atoms with Gasteiger partial charge in [0.15, 0.2) is 0 Å². The first-order valence-corrected chi connectivity index (χ1v) is 6.31. The number of nitrogens with one attached hydrogen (secondary N) is 2. The van der Waals surface area contributed by atoms with Crippen molar-refractivity contribution in [3.63, 3.8) is 0 Å². The Morgan fingerprint density at radius 3 is 2.64 bits per heavy atom. The van der Waals surface area contributed by atoms with Gasteiger partial charge in [-0.25, -0.2) is 15.2 Å². The van der Waals surface area contributed by atoms with Crippen molar-refractivity contribution >= 4 is 17.7 Å². The summed E-state index contributed by atoms with van der Waals surface area (Å²) in [6.07, 6.45) is 1.21. The monoisotopic (exact) mass is 306 g/mol. The Bertz CT molecular complexity index is 664. The molecule has 0 aliphatic carbocycles. The highest BCUT2D eigenvalue weighted by atomic mass is 19.1. The van der Waals surface area contributed by atoms with E-state index in [0.717, 1.165) is 0 Å². The molecule has 1 amide bonds. The molecule has 0 aliphatic rings. The van der Waals surface area contributed by atoms with Crippen molar-refractivity contribution in [2.24, 2.45) is 5.84 Å². The molecular formula is C13H15FN6O2. The van der Waals surface area contributed by atoms with Crippen molar-refractivity contribution in [3.05, 3.63) is 47.4 Å². The van der Waals surface area contributed by atoms with Crippen molar-refractivity contribution in [3.8, 4) is 0 Å². The highest BCUT2D eigenvalue weighted by molar-refractivity contribution is 5.98. The third kappa shape index (κ3) is 3.45. The molecule has 0 spiro atoms. The Balaban J connectivity index is 2.32. The molecule has 9 heteroatoms. The van der Waals surface area contributed by atoms with Crippen LogP contribution in [0.5, 0.6) is 0 Å². The number of aliphatic hydroxyl groups excluding tert-OH is 1. The molecule has 1 aromatic carbocycles. The second kappa shape index (κ2) is 6.78. The van der Waals surface area contributed by atoms with Gasteiger partial charge in [-0.05, 0) is 17.7 Å². The van der Waals surface area contributed by atoms with E-state index >= 15 is 0 Å². The lowest BCUT2D eigenvalue weighted by Crippen LogP contribution is -2.31. The van der Waals surface area contributed by atoms with E-state index in [1.54, 1.807) is 0 Å². The Morgan fingerprint density at radius 2 is 2.05 bits per heavy atom. The van der Waals surface area contributed by atoms with Gasteiger partial charge in [0.25, 0.3) is 5.91 Å². The van der Waals surface area contributed by atoms with Crippen LogP contribution in [0.4, 0.5) is 16.2 Å². The van der Waals surface area contributed by atoms with Gasteiger partial charge in [-0.2, -0.15) is 4.98 Å². The largest absolute Gasteiger partial charge is 0.394 e. The maximum Gasteiger partial charge on any atom is 0.270 e. The molecule has 22 heavy (non-hydrogen) atoms. The quantitative estimate of drug-likeness (QED) is 0.296. The summed E-state index contributed by atoms with van der Waals surface area (Å²) >= 11 is 0. The number of nitrogens with two attached hydrogens (primary N) is 2. The fraction of sp³-hybridized carbons (Fsp3) is 0.154. The molecule has 1 heterocycles. The van der Waals surface area contributed by atoms with Crippen LogP contribution in [0.2, 0.25) is 0 Å². The van der Waals surface area contributed by atoms with Gasteiger partial charge >= 0.3 is 0 Å². The zero-order valence-electron chi connectivity index (χ0n) is 11.5. The smallest absolute Gasteiger partial charge is 0.270 e. The number of hydrogen-bond donors (Lipinski definition) is 5. The number of nitrogen functional groups attached to an aromatic ring is 2. The third-order valence-corrected chi connectivity index (χ3v) is 2.95. The molecule has 7 N–H and O–H groups in total. The molecule has 116 valence electrons. The van der Waals surface area contributed by atoms with Crippen LogP contribution in [0.1, 0.15) is 22.0 Å². The number of aromatic nitrogens is 2. The Hall–Kier alpha value is -2.78. The first-order valence-electron chi connectivity index (χ1n) is 6.31. The molecule has 0 saturated heterocycles. The minimum atomic E-state index is -0.613. The fourth-order valence-corrected chi connectivity index (χ4v) is 1.84. The number of hydrazine groups is 1. The van der Waals surface area contributed by atoms with Gasteiger partial charge in [0.2, 0.25) is 5.95 Å². The van der Waals surface area contributed by atoms with E-state index in [4.69, 9.17) is 11.6 Å². The van der Waals surface area contributed by atoms with E-state index in [1.165, 1.54) is 30.5 Å². The fourth-order valence-electron chi connectivity index (χ4n) is 1.84. The van der Waals surface area contributed by atoms with E-state index in [2.05, 4.69) is 15.3 Å². The molecule has 0 unspecified atom stereocenters. The maximum absolute atomic E-state index is 13.0. The van der Waals surface area contributed by atoms with E-state index < -0.39 is 17.8 Å². The van der Waals surface area contributed by atoms with Gasteiger partial charge in [0, 0.05) is 6.20 Å². The predicted octanol–water partition coefficient (Wildman–Crippen LogP) is -0.0531. The average Bonchev–Trinajstić information content (AvgIpc) is 2.53. The van der Waals surface area contributed by atoms with Crippen LogP contribution in [0.25, 0.3) is 0 Å². The summed E-state index contributed by atoms with van der Waals surface area (Å²) in [5.74, 6) is 4.15. The summed E-state index contributed by atoms with van der Waals surface area (Å²) in [5, 5.41) is 12.4. The van der Waals surface area contributed by atoms with Gasteiger partial charge in [-0.15, -0.1) is 0 Å². The van der Waals surface area contributed by atoms with Gasteiger partial charge in [-0.1, -0.05) is 12.1 Å². The van der Waals surface area contributed by atoms with Crippen LogP contribution >= 0.6 is 0 Å². The number of carbonyl (C=O) groups is 1. The third-order valence-electron chi connectivity index (χ3n) is 2.95. The molecule has 2 rings (SSSR count). The molecule has 0 fully saturated rings. The van der Waals surface area contributed by atoms with Crippen LogP contribution in [0.3, 0.4) is 0 Å². The maximum atomic E-state index is 13.0. The van der Waals surface area contributed by atoms with E-state index in [-0.39, 0.29) is 23.9 Å². The zero-order chi connectivity index (χ0) is 16.1. The van der Waals surface area contributed by atoms with Crippen molar-refractivity contribution in [2.45, 2.75) is 6.04 Å². The minimum Gasteiger partial charge on any atom is -0.394 e. The predicted molar refractivity (Wildman–Crippen MR) is 77.9 cm³/mol. The Morgan fingerprint density at radius 1 is 1.36 bits per heavy atom. The van der Waals surface area contributed by atoms with Gasteiger partial charge in [0.05, 0.1) is 12.6 Å². The van der Waals surface area contributed by atoms with Crippen LogP contribution < -0.4 is 22.3 Å². The first-order chi connectivity index (χ1) is 10.5. The van der Waals surface area contributed by atoms with Crippen molar-refractivity contribution in [2.75, 3.05) is 17.7 Å². The van der Waals surface area contributed by atoms with Crippen LogP contribution in [0.15, 0.2) is 30.5 Å². The average molecular weight is 306 g/mol. The SMILES string of the molecule is NNC(=O)c1cnc(N)nc1N[C@H](CO)c1ccc(F)cc1. The topological polar surface area (TPSA) is 139 Å². The second-order valence-electron chi connectivity index (χ2n) is 4.39. The highest BCUT2D eigenvalue weighted by Gasteiger charge is 2.18. The number of halogens is 1. The summed E-state index contributed by atoms with van der Waals surface area (Å²) in [7, 11) is 0. The lowest BCUT2D eigenvalue weighted by Gasteiger charge is -2.19. The number of rotatable bonds is 5. The lowest BCUT2D eigenvalue weighted by atomic mass is 10.1. The number of hydrogen-bond acceptors (Lipinski definition) is 7. The summed E-state index contributed by atoms with van der Waals surface area (Å²) < 4.78 is 13.0. The minimum absolute atomic E-state index is 0.0492. The summed E-state index contributed by atoms with van der Waals surface area (Å²) in [6, 6.07) is 4.94. The molecule has 1 aromatic heterocycles. The molecule has 8 nitrogen and oxygen atoms in total. The van der Waals surface area contributed by atoms with Crippen LogP contribution in [-0.4, -0.2) is 27.6 Å². The number of benzene rings is 1.